The van der Waals surface area contributed by atoms with Gasteiger partial charge in [-0.2, -0.15) is 0 Å². The fourth-order valence-electron chi connectivity index (χ4n) is 0.865. The Morgan fingerprint density at radius 1 is 1.10 bits per heavy atom. The van der Waals surface area contributed by atoms with Gasteiger partial charge in [0.2, 0.25) is 0 Å². The Kier molecular flexibility index (Phi) is 4.65. The third kappa shape index (κ3) is 3.85. The van der Waals surface area contributed by atoms with Crippen LogP contribution in [0.3, 0.4) is 0 Å². The molecule has 0 aromatic heterocycles. The largest absolute Gasteiger partial charge is 0.380 e. The molecule has 0 saturated heterocycles. The molecule has 0 unspecified atom stereocenters. The van der Waals surface area contributed by atoms with E-state index in [9.17, 15) is 0 Å². The molecule has 2 atom stereocenters. The summed E-state index contributed by atoms with van der Waals surface area (Å²) in [7, 11) is 1.74. The summed E-state index contributed by atoms with van der Waals surface area (Å²) >= 11 is 0. The maximum absolute atomic E-state index is 5.15. The molecule has 2 heteroatoms. The molecule has 0 amide bonds. The van der Waals surface area contributed by atoms with E-state index in [0.29, 0.717) is 18.2 Å². The maximum Gasteiger partial charge on any atom is 0.0693 e. The molecule has 0 saturated carbocycles. The normalized spacial score (nSPS) is 17.4. The minimum atomic E-state index is 0.294. The van der Waals surface area contributed by atoms with Crippen molar-refractivity contribution in [2.24, 2.45) is 0 Å². The number of rotatable bonds is 4. The van der Waals surface area contributed by atoms with Gasteiger partial charge < -0.3 is 10.1 Å². The summed E-state index contributed by atoms with van der Waals surface area (Å²) in [5.41, 5.74) is 0. The minimum Gasteiger partial charge on any atom is -0.380 e. The van der Waals surface area contributed by atoms with Crippen LogP contribution in [0.2, 0.25) is 0 Å². The van der Waals surface area contributed by atoms with Crippen LogP contribution in [-0.4, -0.2) is 25.3 Å². The van der Waals surface area contributed by atoms with Crippen LogP contribution < -0.4 is 5.32 Å². The van der Waals surface area contributed by atoms with Crippen molar-refractivity contribution in [3.05, 3.63) is 0 Å². The van der Waals surface area contributed by atoms with Gasteiger partial charge in [-0.05, 0) is 13.8 Å². The first-order chi connectivity index (χ1) is 4.57. The van der Waals surface area contributed by atoms with Crippen molar-refractivity contribution in [1.82, 2.24) is 5.32 Å². The van der Waals surface area contributed by atoms with E-state index in [-0.39, 0.29) is 0 Å². The molecule has 0 rings (SSSR count). The van der Waals surface area contributed by atoms with Gasteiger partial charge in [-0.3, -0.25) is 0 Å². The van der Waals surface area contributed by atoms with Crippen molar-refractivity contribution < 1.29 is 4.74 Å². The van der Waals surface area contributed by atoms with E-state index in [2.05, 4.69) is 33.0 Å². The predicted octanol–water partition coefficient (Wildman–Crippen LogP) is 1.41. The lowest BCUT2D eigenvalue weighted by Crippen LogP contribution is -2.40. The van der Waals surface area contributed by atoms with Crippen LogP contribution in [0.5, 0.6) is 0 Å². The molecule has 0 aromatic carbocycles. The van der Waals surface area contributed by atoms with E-state index >= 15 is 0 Å². The average molecular weight is 145 g/mol. The van der Waals surface area contributed by atoms with E-state index in [1.54, 1.807) is 7.11 Å². The molecule has 0 aliphatic carbocycles. The van der Waals surface area contributed by atoms with Gasteiger partial charge in [0.15, 0.2) is 0 Å². The monoisotopic (exact) mass is 145 g/mol. The quantitative estimate of drug-likeness (QED) is 0.645. The second-order valence-corrected chi connectivity index (χ2v) is 3.05. The highest BCUT2D eigenvalue weighted by atomic mass is 16.5. The lowest BCUT2D eigenvalue weighted by Gasteiger charge is -2.21. The standard InChI is InChI=1S/C8H19NO/c1-6(2)9-7(3)8(4)10-5/h6-9H,1-5H3/t7-,8+/m0/s1. The van der Waals surface area contributed by atoms with Crippen molar-refractivity contribution in [1.29, 1.82) is 0 Å². The number of hydrogen-bond donors (Lipinski definition) is 1. The van der Waals surface area contributed by atoms with Gasteiger partial charge >= 0.3 is 0 Å². The lowest BCUT2D eigenvalue weighted by atomic mass is 10.2. The summed E-state index contributed by atoms with van der Waals surface area (Å²) in [6, 6.07) is 0.970. The van der Waals surface area contributed by atoms with Crippen LogP contribution in [0, 0.1) is 0 Å². The number of hydrogen-bond acceptors (Lipinski definition) is 2. The van der Waals surface area contributed by atoms with Crippen molar-refractivity contribution in [3.8, 4) is 0 Å². The smallest absolute Gasteiger partial charge is 0.0693 e. The molecule has 0 fully saturated rings. The summed E-state index contributed by atoms with van der Waals surface area (Å²) in [5, 5.41) is 3.37. The molecule has 0 spiro atoms. The lowest BCUT2D eigenvalue weighted by molar-refractivity contribution is 0.0860. The van der Waals surface area contributed by atoms with E-state index in [1.165, 1.54) is 0 Å². The summed E-state index contributed by atoms with van der Waals surface area (Å²) in [6.07, 6.45) is 0.294. The third-order valence-corrected chi connectivity index (χ3v) is 1.67. The average Bonchev–Trinajstić information content (AvgIpc) is 1.85. The topological polar surface area (TPSA) is 21.3 Å². The maximum atomic E-state index is 5.15. The molecule has 0 aliphatic heterocycles. The van der Waals surface area contributed by atoms with Crippen molar-refractivity contribution in [3.63, 3.8) is 0 Å². The zero-order valence-electron chi connectivity index (χ0n) is 7.64. The zero-order chi connectivity index (χ0) is 8.15. The van der Waals surface area contributed by atoms with E-state index in [4.69, 9.17) is 4.74 Å². The summed E-state index contributed by atoms with van der Waals surface area (Å²) in [6.45, 7) is 8.48. The fraction of sp³-hybridized carbons (Fsp3) is 1.00. The second kappa shape index (κ2) is 4.69. The Labute approximate surface area is 64.0 Å². The molecule has 0 aromatic rings. The van der Waals surface area contributed by atoms with E-state index in [0.717, 1.165) is 0 Å². The van der Waals surface area contributed by atoms with Crippen LogP contribution in [0.15, 0.2) is 0 Å². The van der Waals surface area contributed by atoms with Gasteiger partial charge in [0.25, 0.3) is 0 Å². The zero-order valence-corrected chi connectivity index (χ0v) is 7.64. The van der Waals surface area contributed by atoms with Crippen LogP contribution in [-0.2, 0) is 4.74 Å². The Morgan fingerprint density at radius 2 is 1.60 bits per heavy atom. The molecule has 10 heavy (non-hydrogen) atoms. The summed E-state index contributed by atoms with van der Waals surface area (Å²) in [5.74, 6) is 0. The number of ether oxygens (including phenoxy) is 1. The van der Waals surface area contributed by atoms with Gasteiger partial charge in [-0.25, -0.2) is 0 Å². The summed E-state index contributed by atoms with van der Waals surface area (Å²) < 4.78 is 5.15. The third-order valence-electron chi connectivity index (χ3n) is 1.67. The summed E-state index contributed by atoms with van der Waals surface area (Å²) in [4.78, 5) is 0. The SMILES string of the molecule is CO[C@H](C)[C@H](C)NC(C)C. The Balaban J connectivity index is 3.50. The van der Waals surface area contributed by atoms with Crippen molar-refractivity contribution in [2.45, 2.75) is 45.9 Å². The molecule has 62 valence electrons. The Bertz CT molecular complexity index is 83.3. The predicted molar refractivity (Wildman–Crippen MR) is 44.2 cm³/mol. The van der Waals surface area contributed by atoms with E-state index in [1.807, 2.05) is 0 Å². The van der Waals surface area contributed by atoms with Crippen molar-refractivity contribution in [2.75, 3.05) is 7.11 Å². The van der Waals surface area contributed by atoms with Crippen molar-refractivity contribution >= 4 is 0 Å². The van der Waals surface area contributed by atoms with Gasteiger partial charge in [-0.1, -0.05) is 13.8 Å². The number of nitrogens with one attached hydrogen (secondary N) is 1. The first-order valence-corrected chi connectivity index (χ1v) is 3.86. The highest BCUT2D eigenvalue weighted by molar-refractivity contribution is 4.69. The molecule has 1 N–H and O–H groups in total. The van der Waals surface area contributed by atoms with Crippen LogP contribution in [0.1, 0.15) is 27.7 Å². The number of methoxy groups -OCH3 is 1. The first kappa shape index (κ1) is 9.92. The van der Waals surface area contributed by atoms with Crippen LogP contribution in [0.4, 0.5) is 0 Å². The first-order valence-electron chi connectivity index (χ1n) is 3.86. The second-order valence-electron chi connectivity index (χ2n) is 3.05. The van der Waals surface area contributed by atoms with Crippen LogP contribution >= 0.6 is 0 Å². The fourth-order valence-corrected chi connectivity index (χ4v) is 0.865. The molecule has 0 bridgehead atoms. The molecule has 0 aliphatic rings. The van der Waals surface area contributed by atoms with E-state index < -0.39 is 0 Å². The van der Waals surface area contributed by atoms with Gasteiger partial charge in [-0.15, -0.1) is 0 Å². The molecule has 0 heterocycles. The Morgan fingerprint density at radius 3 is 1.90 bits per heavy atom. The molecular formula is C8H19NO. The molecular weight excluding hydrogens is 126 g/mol. The highest BCUT2D eigenvalue weighted by Crippen LogP contribution is 1.96. The molecule has 2 nitrogen and oxygen atoms in total. The van der Waals surface area contributed by atoms with Gasteiger partial charge in [0.1, 0.15) is 0 Å². The Hall–Kier alpha value is -0.0800. The highest BCUT2D eigenvalue weighted by Gasteiger charge is 2.10. The van der Waals surface area contributed by atoms with Gasteiger partial charge in [0, 0.05) is 19.2 Å². The minimum absolute atomic E-state index is 0.294. The molecule has 0 radical (unpaired) electrons. The van der Waals surface area contributed by atoms with Gasteiger partial charge in [0.05, 0.1) is 6.10 Å². The van der Waals surface area contributed by atoms with Crippen LogP contribution in [0.25, 0.3) is 0 Å².